The van der Waals surface area contributed by atoms with E-state index >= 15 is 0 Å². The van der Waals surface area contributed by atoms with Gasteiger partial charge >= 0.3 is 0 Å². The fourth-order valence-electron chi connectivity index (χ4n) is 2.58. The Labute approximate surface area is 121 Å². The van der Waals surface area contributed by atoms with Crippen LogP contribution in [-0.4, -0.2) is 18.9 Å². The quantitative estimate of drug-likeness (QED) is 0.340. The maximum atomic E-state index is 5.89. The number of hydrogen-bond donors (Lipinski definition) is 0. The fourth-order valence-corrected chi connectivity index (χ4v) is 4.49. The van der Waals surface area contributed by atoms with E-state index in [2.05, 4.69) is 13.8 Å². The molecule has 0 aliphatic carbocycles. The van der Waals surface area contributed by atoms with E-state index in [1.54, 1.807) is 0 Å². The highest BCUT2D eigenvalue weighted by Gasteiger charge is 2.25. The number of rotatable bonds is 11. The summed E-state index contributed by atoms with van der Waals surface area (Å²) in [5.74, 6) is 0. The van der Waals surface area contributed by atoms with Crippen LogP contribution in [0.2, 0.25) is 0 Å². The van der Waals surface area contributed by atoms with Crippen LogP contribution in [0, 0.1) is 0 Å². The van der Waals surface area contributed by atoms with Crippen molar-refractivity contribution in [2.24, 2.45) is 0 Å². The zero-order valence-corrected chi connectivity index (χ0v) is 13.9. The third-order valence-corrected chi connectivity index (χ3v) is 5.79. The summed E-state index contributed by atoms with van der Waals surface area (Å²) in [6, 6.07) is 0. The molecule has 0 radical (unpaired) electrons. The van der Waals surface area contributed by atoms with Gasteiger partial charge in [0.25, 0.3) is 0 Å². The first-order chi connectivity index (χ1) is 9.38. The zero-order chi connectivity index (χ0) is 13.8. The van der Waals surface area contributed by atoms with Gasteiger partial charge in [-0.1, -0.05) is 65.2 Å². The first kappa shape index (κ1) is 17.4. The molecule has 1 aliphatic heterocycles. The first-order valence-corrected chi connectivity index (χ1v) is 9.68. The lowest BCUT2D eigenvalue weighted by Crippen LogP contribution is -2.15. The molecule has 0 saturated carbocycles. The predicted octanol–water partition coefficient (Wildman–Crippen LogP) is 6.04. The lowest BCUT2D eigenvalue weighted by molar-refractivity contribution is 0.174. The summed E-state index contributed by atoms with van der Waals surface area (Å²) in [4.78, 5) is 0. The number of unbranched alkanes of at least 4 members (excludes halogenated alkanes) is 6. The maximum absolute atomic E-state index is 5.89. The monoisotopic (exact) mass is 288 g/mol. The lowest BCUT2D eigenvalue weighted by Gasteiger charge is -2.29. The second-order valence-corrected chi connectivity index (χ2v) is 7.48. The lowest BCUT2D eigenvalue weighted by atomic mass is 10.1. The van der Waals surface area contributed by atoms with Crippen LogP contribution in [0.1, 0.15) is 84.5 Å². The van der Waals surface area contributed by atoms with Crippen LogP contribution >= 0.6 is 8.38 Å². The van der Waals surface area contributed by atoms with Gasteiger partial charge < -0.3 is 9.05 Å². The largest absolute Gasteiger partial charge is 0.334 e. The van der Waals surface area contributed by atoms with Crippen LogP contribution in [0.4, 0.5) is 0 Å². The Balaban J connectivity index is 2.22. The molecule has 114 valence electrons. The summed E-state index contributed by atoms with van der Waals surface area (Å²) >= 11 is 0. The Bertz CT molecular complexity index is 193. The Morgan fingerprint density at radius 2 is 1.32 bits per heavy atom. The summed E-state index contributed by atoms with van der Waals surface area (Å²) in [5, 5.41) is 0. The molecule has 1 atom stereocenters. The molecule has 1 rings (SSSR count). The second kappa shape index (κ2) is 12.1. The highest BCUT2D eigenvalue weighted by Crippen LogP contribution is 2.50. The standard InChI is InChI=1S/C16H33O2P/c1-3-5-7-8-10-13-16(12-9-6-4-2)19-17-14-11-15-18-19/h16H,3-15H2,1-2H3. The Morgan fingerprint density at radius 1 is 0.789 bits per heavy atom. The minimum Gasteiger partial charge on any atom is -0.334 e. The summed E-state index contributed by atoms with van der Waals surface area (Å²) < 4.78 is 11.8. The van der Waals surface area contributed by atoms with Gasteiger partial charge in [-0.3, -0.25) is 0 Å². The van der Waals surface area contributed by atoms with E-state index < -0.39 is 8.38 Å². The molecule has 19 heavy (non-hydrogen) atoms. The fraction of sp³-hybridized carbons (Fsp3) is 1.00. The van der Waals surface area contributed by atoms with Crippen molar-refractivity contribution in [1.29, 1.82) is 0 Å². The highest BCUT2D eigenvalue weighted by molar-refractivity contribution is 7.48. The molecule has 1 aliphatic rings. The SMILES string of the molecule is CCCCCCCC(CCCCC)P1OCCCO1. The number of hydrogen-bond acceptors (Lipinski definition) is 2. The molecule has 0 aromatic rings. The molecule has 2 nitrogen and oxygen atoms in total. The van der Waals surface area contributed by atoms with Crippen molar-refractivity contribution in [3.05, 3.63) is 0 Å². The summed E-state index contributed by atoms with van der Waals surface area (Å²) in [5.41, 5.74) is 0.698. The van der Waals surface area contributed by atoms with Gasteiger partial charge in [-0.15, -0.1) is 0 Å². The van der Waals surface area contributed by atoms with Crippen LogP contribution < -0.4 is 0 Å². The van der Waals surface area contributed by atoms with Crippen LogP contribution in [0.3, 0.4) is 0 Å². The van der Waals surface area contributed by atoms with Crippen molar-refractivity contribution in [2.45, 2.75) is 90.1 Å². The average molecular weight is 288 g/mol. The van der Waals surface area contributed by atoms with E-state index in [9.17, 15) is 0 Å². The maximum Gasteiger partial charge on any atom is 0.173 e. The van der Waals surface area contributed by atoms with Gasteiger partial charge in [-0.05, 0) is 19.3 Å². The molecule has 0 aromatic carbocycles. The summed E-state index contributed by atoms with van der Waals surface area (Å²) in [6.07, 6.45) is 14.6. The van der Waals surface area contributed by atoms with Crippen molar-refractivity contribution in [3.8, 4) is 0 Å². The van der Waals surface area contributed by atoms with E-state index in [1.807, 2.05) is 0 Å². The van der Waals surface area contributed by atoms with Gasteiger partial charge in [0.2, 0.25) is 0 Å². The van der Waals surface area contributed by atoms with Crippen LogP contribution in [0.15, 0.2) is 0 Å². The van der Waals surface area contributed by atoms with Crippen molar-refractivity contribution in [2.75, 3.05) is 13.2 Å². The molecular weight excluding hydrogens is 255 g/mol. The normalized spacial score (nSPS) is 18.6. The molecule has 0 bridgehead atoms. The first-order valence-electron chi connectivity index (χ1n) is 8.43. The van der Waals surface area contributed by atoms with Gasteiger partial charge in [0.1, 0.15) is 0 Å². The molecule has 0 N–H and O–H groups in total. The van der Waals surface area contributed by atoms with Crippen LogP contribution in [0.5, 0.6) is 0 Å². The van der Waals surface area contributed by atoms with Crippen molar-refractivity contribution >= 4 is 8.38 Å². The molecule has 1 heterocycles. The van der Waals surface area contributed by atoms with Gasteiger partial charge in [0, 0.05) is 5.66 Å². The minimum absolute atomic E-state index is 0.576. The van der Waals surface area contributed by atoms with Crippen molar-refractivity contribution in [1.82, 2.24) is 0 Å². The zero-order valence-electron chi connectivity index (χ0n) is 13.0. The molecule has 1 saturated heterocycles. The summed E-state index contributed by atoms with van der Waals surface area (Å²) in [7, 11) is -0.576. The average Bonchev–Trinajstić information content (AvgIpc) is 2.46. The van der Waals surface area contributed by atoms with Crippen molar-refractivity contribution in [3.63, 3.8) is 0 Å². The van der Waals surface area contributed by atoms with E-state index in [1.165, 1.54) is 64.2 Å². The Kier molecular flexibility index (Phi) is 11.1. The predicted molar refractivity (Wildman–Crippen MR) is 84.7 cm³/mol. The summed E-state index contributed by atoms with van der Waals surface area (Å²) in [6.45, 7) is 6.40. The molecule has 1 fully saturated rings. The van der Waals surface area contributed by atoms with Crippen LogP contribution in [0.25, 0.3) is 0 Å². The third kappa shape index (κ3) is 8.27. The third-order valence-electron chi connectivity index (χ3n) is 3.81. The van der Waals surface area contributed by atoms with Gasteiger partial charge in [0.15, 0.2) is 8.38 Å². The molecular formula is C16H33O2P. The van der Waals surface area contributed by atoms with Gasteiger partial charge in [-0.25, -0.2) is 0 Å². The van der Waals surface area contributed by atoms with Crippen molar-refractivity contribution < 1.29 is 9.05 Å². The smallest absolute Gasteiger partial charge is 0.173 e. The van der Waals surface area contributed by atoms with E-state index in [0.717, 1.165) is 19.6 Å². The molecule has 1 unspecified atom stereocenters. The topological polar surface area (TPSA) is 18.5 Å². The van der Waals surface area contributed by atoms with E-state index in [-0.39, 0.29) is 0 Å². The molecule has 0 amide bonds. The van der Waals surface area contributed by atoms with E-state index in [0.29, 0.717) is 5.66 Å². The van der Waals surface area contributed by atoms with Gasteiger partial charge in [0.05, 0.1) is 13.2 Å². The van der Waals surface area contributed by atoms with Crippen LogP contribution in [-0.2, 0) is 9.05 Å². The molecule has 3 heteroatoms. The minimum atomic E-state index is -0.576. The van der Waals surface area contributed by atoms with Gasteiger partial charge in [-0.2, -0.15) is 0 Å². The molecule has 0 aromatic heterocycles. The molecule has 0 spiro atoms. The Morgan fingerprint density at radius 3 is 1.95 bits per heavy atom. The van der Waals surface area contributed by atoms with E-state index in [4.69, 9.17) is 9.05 Å². The second-order valence-electron chi connectivity index (χ2n) is 5.66. The Hall–Kier alpha value is 0.350. The highest BCUT2D eigenvalue weighted by atomic mass is 31.2.